The smallest absolute Gasteiger partial charge is 0.265 e. The standard InChI is InChI=1S/C16H19N3O3S/c1-17-9-10-18(2)15(20)11-19-13-7-3-5-12-6-4-8-14(16(12)13)23(19,21)22/h3-8,17H,9-11H2,1-2H3. The van der Waals surface area contributed by atoms with Crippen LogP contribution in [-0.2, 0) is 14.8 Å². The molecule has 1 N–H and O–H groups in total. The van der Waals surface area contributed by atoms with Crippen LogP contribution in [0.3, 0.4) is 0 Å². The molecule has 1 amide bonds. The summed E-state index contributed by atoms with van der Waals surface area (Å²) >= 11 is 0. The summed E-state index contributed by atoms with van der Waals surface area (Å²) in [5, 5.41) is 4.53. The Kier molecular flexibility index (Phi) is 3.99. The van der Waals surface area contributed by atoms with Crippen LogP contribution in [0.15, 0.2) is 41.3 Å². The minimum absolute atomic E-state index is 0.184. The third kappa shape index (κ3) is 2.55. The largest absolute Gasteiger partial charge is 0.343 e. The number of carbonyl (C=O) groups excluding carboxylic acids is 1. The lowest BCUT2D eigenvalue weighted by atomic mass is 10.1. The van der Waals surface area contributed by atoms with Crippen LogP contribution in [0.25, 0.3) is 10.8 Å². The summed E-state index contributed by atoms with van der Waals surface area (Å²) in [6, 6.07) is 10.6. The maximum atomic E-state index is 12.8. The minimum Gasteiger partial charge on any atom is -0.343 e. The molecule has 0 fully saturated rings. The molecule has 0 atom stereocenters. The first-order valence-electron chi connectivity index (χ1n) is 7.40. The predicted molar refractivity (Wildman–Crippen MR) is 90.0 cm³/mol. The SMILES string of the molecule is CNCCN(C)C(=O)CN1c2cccc3cccc(c23)S1(=O)=O. The van der Waals surface area contributed by atoms with Crippen molar-refractivity contribution < 1.29 is 13.2 Å². The fourth-order valence-electron chi connectivity index (χ4n) is 2.78. The second-order valence-electron chi connectivity index (χ2n) is 5.56. The molecule has 0 aromatic heterocycles. The van der Waals surface area contributed by atoms with Gasteiger partial charge in [0.2, 0.25) is 5.91 Å². The number of nitrogens with one attached hydrogen (secondary N) is 1. The predicted octanol–water partition coefficient (Wildman–Crippen LogP) is 1.03. The van der Waals surface area contributed by atoms with Gasteiger partial charge in [0.25, 0.3) is 10.0 Å². The van der Waals surface area contributed by atoms with E-state index in [4.69, 9.17) is 0 Å². The Morgan fingerprint density at radius 2 is 1.91 bits per heavy atom. The molecule has 1 aliphatic heterocycles. The molecule has 0 saturated heterocycles. The third-order valence-electron chi connectivity index (χ3n) is 4.08. The molecule has 3 rings (SSSR count). The molecule has 2 aromatic carbocycles. The van der Waals surface area contributed by atoms with Gasteiger partial charge in [-0.15, -0.1) is 0 Å². The molecule has 0 saturated carbocycles. The van der Waals surface area contributed by atoms with Gasteiger partial charge in [-0.1, -0.05) is 24.3 Å². The summed E-state index contributed by atoms with van der Waals surface area (Å²) in [6.07, 6.45) is 0. The van der Waals surface area contributed by atoms with E-state index in [0.29, 0.717) is 24.2 Å². The van der Waals surface area contributed by atoms with Gasteiger partial charge in [-0.3, -0.25) is 9.10 Å². The first kappa shape index (κ1) is 15.8. The summed E-state index contributed by atoms with van der Waals surface area (Å²) in [4.78, 5) is 14.2. The number of benzene rings is 2. The molecule has 6 nitrogen and oxygen atoms in total. The van der Waals surface area contributed by atoms with Gasteiger partial charge in [0, 0.05) is 25.5 Å². The fraction of sp³-hybridized carbons (Fsp3) is 0.312. The minimum atomic E-state index is -3.68. The van der Waals surface area contributed by atoms with Gasteiger partial charge < -0.3 is 10.2 Å². The van der Waals surface area contributed by atoms with E-state index in [9.17, 15) is 13.2 Å². The molecule has 0 aliphatic carbocycles. The maximum absolute atomic E-state index is 12.8. The number of anilines is 1. The van der Waals surface area contributed by atoms with E-state index < -0.39 is 10.0 Å². The van der Waals surface area contributed by atoms with Crippen LogP contribution < -0.4 is 9.62 Å². The Morgan fingerprint density at radius 3 is 2.61 bits per heavy atom. The molecule has 0 radical (unpaired) electrons. The summed E-state index contributed by atoms with van der Waals surface area (Å²) in [5.41, 5.74) is 0.577. The topological polar surface area (TPSA) is 69.7 Å². The van der Waals surface area contributed by atoms with Crippen LogP contribution in [-0.4, -0.2) is 53.0 Å². The summed E-state index contributed by atoms with van der Waals surface area (Å²) in [5.74, 6) is -0.228. The Bertz CT molecular complexity index is 859. The first-order chi connectivity index (χ1) is 11.0. The van der Waals surface area contributed by atoms with E-state index in [2.05, 4.69) is 5.32 Å². The highest BCUT2D eigenvalue weighted by molar-refractivity contribution is 7.93. The molecule has 1 heterocycles. The zero-order chi connectivity index (χ0) is 16.6. The van der Waals surface area contributed by atoms with Crippen LogP contribution >= 0.6 is 0 Å². The zero-order valence-corrected chi connectivity index (χ0v) is 13.9. The molecule has 2 aromatic rings. The van der Waals surface area contributed by atoms with Crippen molar-refractivity contribution in [3.05, 3.63) is 36.4 Å². The van der Waals surface area contributed by atoms with Crippen molar-refractivity contribution in [1.82, 2.24) is 10.2 Å². The Balaban J connectivity index is 1.96. The highest BCUT2D eigenvalue weighted by Crippen LogP contribution is 2.41. The van der Waals surface area contributed by atoms with E-state index >= 15 is 0 Å². The van der Waals surface area contributed by atoms with E-state index in [1.165, 1.54) is 9.21 Å². The molecular weight excluding hydrogens is 314 g/mol. The van der Waals surface area contributed by atoms with E-state index in [1.54, 1.807) is 32.3 Å². The van der Waals surface area contributed by atoms with Gasteiger partial charge in [-0.05, 0) is 24.6 Å². The van der Waals surface area contributed by atoms with Gasteiger partial charge in [0.1, 0.15) is 6.54 Å². The highest BCUT2D eigenvalue weighted by atomic mass is 32.2. The average Bonchev–Trinajstić information content (AvgIpc) is 2.76. The van der Waals surface area contributed by atoms with Crippen molar-refractivity contribution in [3.8, 4) is 0 Å². The first-order valence-corrected chi connectivity index (χ1v) is 8.84. The molecule has 23 heavy (non-hydrogen) atoms. The summed E-state index contributed by atoms with van der Waals surface area (Å²) in [7, 11) is -0.195. The van der Waals surface area contributed by atoms with Crippen LogP contribution in [0.1, 0.15) is 0 Å². The van der Waals surface area contributed by atoms with E-state index in [0.717, 1.165) is 5.39 Å². The second-order valence-corrected chi connectivity index (χ2v) is 7.39. The van der Waals surface area contributed by atoms with Gasteiger partial charge in [-0.2, -0.15) is 0 Å². The quantitative estimate of drug-likeness (QED) is 0.887. The molecule has 0 spiro atoms. The van der Waals surface area contributed by atoms with Crippen molar-refractivity contribution >= 4 is 32.4 Å². The van der Waals surface area contributed by atoms with Crippen LogP contribution in [0.4, 0.5) is 5.69 Å². The van der Waals surface area contributed by atoms with Crippen molar-refractivity contribution in [3.63, 3.8) is 0 Å². The number of sulfonamides is 1. The summed E-state index contributed by atoms with van der Waals surface area (Å²) < 4.78 is 26.8. The van der Waals surface area contributed by atoms with Crippen LogP contribution in [0.2, 0.25) is 0 Å². The van der Waals surface area contributed by atoms with Gasteiger partial charge in [0.15, 0.2) is 0 Å². The number of rotatable bonds is 5. The monoisotopic (exact) mass is 333 g/mol. The van der Waals surface area contributed by atoms with Crippen molar-refractivity contribution in [1.29, 1.82) is 0 Å². The van der Waals surface area contributed by atoms with E-state index in [1.807, 2.05) is 18.2 Å². The number of hydrogen-bond acceptors (Lipinski definition) is 4. The molecule has 122 valence electrons. The molecule has 7 heteroatoms. The number of carbonyl (C=O) groups is 1. The van der Waals surface area contributed by atoms with Crippen LogP contribution in [0, 0.1) is 0 Å². The van der Waals surface area contributed by atoms with Crippen molar-refractivity contribution in [2.75, 3.05) is 38.0 Å². The van der Waals surface area contributed by atoms with E-state index in [-0.39, 0.29) is 17.3 Å². The van der Waals surface area contributed by atoms with Crippen molar-refractivity contribution in [2.24, 2.45) is 0 Å². The third-order valence-corrected chi connectivity index (χ3v) is 5.89. The molecule has 0 bridgehead atoms. The molecular formula is C16H19N3O3S. The summed E-state index contributed by atoms with van der Waals surface area (Å²) in [6.45, 7) is 1.00. The molecule has 1 aliphatic rings. The lowest BCUT2D eigenvalue weighted by molar-refractivity contribution is -0.128. The van der Waals surface area contributed by atoms with Crippen LogP contribution in [0.5, 0.6) is 0 Å². The van der Waals surface area contributed by atoms with Crippen molar-refractivity contribution in [2.45, 2.75) is 4.90 Å². The number of likely N-dealkylation sites (N-methyl/N-ethyl adjacent to an activating group) is 2. The maximum Gasteiger partial charge on any atom is 0.265 e. The number of hydrogen-bond donors (Lipinski definition) is 1. The second kappa shape index (κ2) is 5.82. The van der Waals surface area contributed by atoms with Gasteiger partial charge in [-0.25, -0.2) is 8.42 Å². The lowest BCUT2D eigenvalue weighted by Crippen LogP contribution is -2.41. The zero-order valence-electron chi connectivity index (χ0n) is 13.1. The normalized spacial score (nSPS) is 15.1. The average molecular weight is 333 g/mol. The van der Waals surface area contributed by atoms with Gasteiger partial charge >= 0.3 is 0 Å². The molecule has 0 unspecified atom stereocenters. The fourth-order valence-corrected chi connectivity index (χ4v) is 4.44. The Labute approximate surface area is 135 Å². The number of amides is 1. The lowest BCUT2D eigenvalue weighted by Gasteiger charge is -2.22. The Hall–Kier alpha value is -2.12. The highest BCUT2D eigenvalue weighted by Gasteiger charge is 2.36. The number of nitrogens with zero attached hydrogens (tertiary/aromatic N) is 2. The Morgan fingerprint density at radius 1 is 1.22 bits per heavy atom. The van der Waals surface area contributed by atoms with Gasteiger partial charge in [0.05, 0.1) is 10.6 Å².